The highest BCUT2D eigenvalue weighted by Crippen LogP contribution is 2.33. The minimum atomic E-state index is -0.472. The van der Waals surface area contributed by atoms with Crippen LogP contribution in [0.4, 0.5) is 10.5 Å². The number of aromatic nitrogens is 2. The number of aliphatic hydroxyl groups is 1. The number of hydrogen-bond donors (Lipinski definition) is 1. The lowest BCUT2D eigenvalue weighted by atomic mass is 9.91. The molecule has 1 aromatic carbocycles. The summed E-state index contributed by atoms with van der Waals surface area (Å²) < 4.78 is 5.50. The molecule has 7 nitrogen and oxygen atoms in total. The Labute approximate surface area is 171 Å². The van der Waals surface area contributed by atoms with Gasteiger partial charge in [-0.25, -0.2) is 14.8 Å². The number of likely N-dealkylation sites (tertiary alicyclic amines) is 1. The maximum absolute atomic E-state index is 12.3. The zero-order valence-electron chi connectivity index (χ0n) is 17.5. The van der Waals surface area contributed by atoms with E-state index in [0.717, 1.165) is 48.1 Å². The van der Waals surface area contributed by atoms with Gasteiger partial charge in [-0.15, -0.1) is 0 Å². The van der Waals surface area contributed by atoms with E-state index in [0.29, 0.717) is 25.6 Å². The molecule has 1 atom stereocenters. The third-order valence-electron chi connectivity index (χ3n) is 5.71. The first-order chi connectivity index (χ1) is 13.8. The van der Waals surface area contributed by atoms with Crippen molar-refractivity contribution in [2.24, 2.45) is 0 Å². The number of aliphatic hydroxyl groups excluding tert-OH is 1. The first-order valence-corrected chi connectivity index (χ1v) is 10.5. The highest BCUT2D eigenvalue weighted by atomic mass is 16.6. The third kappa shape index (κ3) is 4.45. The number of carbonyl (C=O) groups excluding carboxylic acids is 1. The molecule has 29 heavy (non-hydrogen) atoms. The molecule has 7 heteroatoms. The lowest BCUT2D eigenvalue weighted by Crippen LogP contribution is -2.41. The standard InChI is InChI=1S/C22H30N4O3/c1-22(2,3)29-21(28)25-9-6-15(7-10-25)20-18-5-4-16(12-19(18)23-14-24-20)26-11-8-17(27)13-26/h4-5,12,14-15,17,27H,6-11,13H2,1-3H3. The maximum Gasteiger partial charge on any atom is 0.410 e. The van der Waals surface area contributed by atoms with Crippen LogP contribution in [0.25, 0.3) is 10.9 Å². The Morgan fingerprint density at radius 2 is 1.90 bits per heavy atom. The second-order valence-corrected chi connectivity index (χ2v) is 9.09. The largest absolute Gasteiger partial charge is 0.444 e. The Hall–Kier alpha value is -2.41. The van der Waals surface area contributed by atoms with E-state index < -0.39 is 5.60 Å². The van der Waals surface area contributed by atoms with Crippen molar-refractivity contribution in [3.8, 4) is 0 Å². The van der Waals surface area contributed by atoms with Crippen LogP contribution in [0.2, 0.25) is 0 Å². The number of fused-ring (bicyclic) bond motifs is 1. The first kappa shape index (κ1) is 19.9. The fourth-order valence-corrected chi connectivity index (χ4v) is 4.23. The maximum atomic E-state index is 12.3. The third-order valence-corrected chi connectivity index (χ3v) is 5.71. The smallest absolute Gasteiger partial charge is 0.410 e. The van der Waals surface area contributed by atoms with Crippen LogP contribution in [0.15, 0.2) is 24.5 Å². The molecule has 1 amide bonds. The summed E-state index contributed by atoms with van der Waals surface area (Å²) in [4.78, 5) is 25.4. The van der Waals surface area contributed by atoms with Gasteiger partial charge in [0.15, 0.2) is 0 Å². The molecule has 1 N–H and O–H groups in total. The Morgan fingerprint density at radius 3 is 2.55 bits per heavy atom. The molecule has 2 aliphatic rings. The van der Waals surface area contributed by atoms with Crippen molar-refractivity contribution >= 4 is 22.7 Å². The Kier molecular flexibility index (Phi) is 5.34. The van der Waals surface area contributed by atoms with Crippen LogP contribution in [0.1, 0.15) is 51.6 Å². The van der Waals surface area contributed by atoms with Crippen molar-refractivity contribution in [2.75, 3.05) is 31.1 Å². The van der Waals surface area contributed by atoms with Gasteiger partial charge in [-0.3, -0.25) is 0 Å². The van der Waals surface area contributed by atoms with E-state index in [-0.39, 0.29) is 12.2 Å². The number of rotatable bonds is 2. The predicted molar refractivity (Wildman–Crippen MR) is 112 cm³/mol. The van der Waals surface area contributed by atoms with Crippen LogP contribution in [-0.4, -0.2) is 64.0 Å². The molecule has 2 aliphatic heterocycles. The average molecular weight is 399 g/mol. The summed E-state index contributed by atoms with van der Waals surface area (Å²) in [7, 11) is 0. The van der Waals surface area contributed by atoms with Gasteiger partial charge in [0.2, 0.25) is 0 Å². The molecule has 1 unspecified atom stereocenters. The normalized spacial score (nSPS) is 21.0. The van der Waals surface area contributed by atoms with Gasteiger partial charge < -0.3 is 19.6 Å². The topological polar surface area (TPSA) is 78.8 Å². The summed E-state index contributed by atoms with van der Waals surface area (Å²) in [5.41, 5.74) is 2.62. The lowest BCUT2D eigenvalue weighted by Gasteiger charge is -2.33. The second-order valence-electron chi connectivity index (χ2n) is 9.09. The van der Waals surface area contributed by atoms with Gasteiger partial charge in [0.05, 0.1) is 17.3 Å². The van der Waals surface area contributed by atoms with Crippen LogP contribution in [0.5, 0.6) is 0 Å². The van der Waals surface area contributed by atoms with Gasteiger partial charge in [-0.2, -0.15) is 0 Å². The molecule has 1 aromatic heterocycles. The summed E-state index contributed by atoms with van der Waals surface area (Å²) in [6.45, 7) is 8.56. The molecular formula is C22H30N4O3. The van der Waals surface area contributed by atoms with E-state index in [4.69, 9.17) is 4.74 Å². The zero-order valence-corrected chi connectivity index (χ0v) is 17.5. The summed E-state index contributed by atoms with van der Waals surface area (Å²) in [5.74, 6) is 0.304. The van der Waals surface area contributed by atoms with Crippen LogP contribution >= 0.6 is 0 Å². The van der Waals surface area contributed by atoms with Gasteiger partial charge in [0.1, 0.15) is 11.9 Å². The average Bonchev–Trinajstić information content (AvgIpc) is 3.12. The Bertz CT molecular complexity index is 887. The monoisotopic (exact) mass is 398 g/mol. The summed E-state index contributed by atoms with van der Waals surface area (Å²) in [6, 6.07) is 6.29. The fourth-order valence-electron chi connectivity index (χ4n) is 4.23. The molecule has 4 rings (SSSR count). The van der Waals surface area contributed by atoms with Crippen molar-refractivity contribution < 1.29 is 14.6 Å². The summed E-state index contributed by atoms with van der Waals surface area (Å²) in [5, 5.41) is 10.9. The van der Waals surface area contributed by atoms with E-state index in [1.165, 1.54) is 0 Å². The minimum absolute atomic E-state index is 0.235. The zero-order chi connectivity index (χ0) is 20.6. The number of ether oxygens (including phenoxy) is 1. The highest BCUT2D eigenvalue weighted by molar-refractivity contribution is 5.84. The predicted octanol–water partition coefficient (Wildman–Crippen LogP) is 3.32. The molecule has 156 valence electrons. The second kappa shape index (κ2) is 7.78. The van der Waals surface area contributed by atoms with Gasteiger partial charge in [-0.05, 0) is 58.2 Å². The first-order valence-electron chi connectivity index (χ1n) is 10.5. The fraction of sp³-hybridized carbons (Fsp3) is 0.591. The molecule has 3 heterocycles. The molecule has 0 saturated carbocycles. The van der Waals surface area contributed by atoms with E-state index in [9.17, 15) is 9.90 Å². The molecule has 0 bridgehead atoms. The number of hydrogen-bond acceptors (Lipinski definition) is 6. The van der Waals surface area contributed by atoms with E-state index in [1.807, 2.05) is 20.8 Å². The SMILES string of the molecule is CC(C)(C)OC(=O)N1CCC(c2ncnc3cc(N4CCC(O)C4)ccc23)CC1. The van der Waals surface area contributed by atoms with Crippen molar-refractivity contribution in [3.05, 3.63) is 30.2 Å². The van der Waals surface area contributed by atoms with E-state index in [2.05, 4.69) is 33.1 Å². The lowest BCUT2D eigenvalue weighted by molar-refractivity contribution is 0.0204. The van der Waals surface area contributed by atoms with Gasteiger partial charge in [-0.1, -0.05) is 0 Å². The Morgan fingerprint density at radius 1 is 1.14 bits per heavy atom. The van der Waals surface area contributed by atoms with E-state index in [1.54, 1.807) is 11.2 Å². The molecule has 2 aromatic rings. The number of benzene rings is 1. The summed E-state index contributed by atoms with van der Waals surface area (Å²) in [6.07, 6.45) is 3.70. The van der Waals surface area contributed by atoms with Crippen LogP contribution in [-0.2, 0) is 4.74 Å². The number of carbonyl (C=O) groups is 1. The van der Waals surface area contributed by atoms with Crippen molar-refractivity contribution in [2.45, 2.75) is 57.7 Å². The molecule has 0 radical (unpaired) electrons. The number of β-amino-alcohol motifs (C(OH)–C–C–N with tert-alkyl or cyclic N) is 1. The molecule has 0 aliphatic carbocycles. The Balaban J connectivity index is 1.48. The highest BCUT2D eigenvalue weighted by Gasteiger charge is 2.29. The molecular weight excluding hydrogens is 368 g/mol. The van der Waals surface area contributed by atoms with Crippen LogP contribution in [0, 0.1) is 0 Å². The molecule has 0 spiro atoms. The summed E-state index contributed by atoms with van der Waals surface area (Å²) >= 11 is 0. The van der Waals surface area contributed by atoms with Gasteiger partial charge in [0, 0.05) is 43.2 Å². The van der Waals surface area contributed by atoms with Crippen molar-refractivity contribution in [3.63, 3.8) is 0 Å². The minimum Gasteiger partial charge on any atom is -0.444 e. The van der Waals surface area contributed by atoms with Gasteiger partial charge in [0.25, 0.3) is 0 Å². The number of anilines is 1. The number of nitrogens with zero attached hydrogens (tertiary/aromatic N) is 4. The van der Waals surface area contributed by atoms with Crippen molar-refractivity contribution in [1.82, 2.24) is 14.9 Å². The van der Waals surface area contributed by atoms with E-state index >= 15 is 0 Å². The molecule has 2 saturated heterocycles. The number of amides is 1. The molecule has 2 fully saturated rings. The van der Waals surface area contributed by atoms with Crippen LogP contribution in [0.3, 0.4) is 0 Å². The van der Waals surface area contributed by atoms with Gasteiger partial charge >= 0.3 is 6.09 Å². The van der Waals surface area contributed by atoms with Crippen molar-refractivity contribution in [1.29, 1.82) is 0 Å². The quantitative estimate of drug-likeness (QED) is 0.836. The number of piperidine rings is 1. The van der Waals surface area contributed by atoms with Crippen LogP contribution < -0.4 is 4.90 Å².